The van der Waals surface area contributed by atoms with Gasteiger partial charge in [-0.1, -0.05) is 24.3 Å². The van der Waals surface area contributed by atoms with Gasteiger partial charge in [0.1, 0.15) is 17.5 Å². The first-order valence-corrected chi connectivity index (χ1v) is 7.73. The average Bonchev–Trinajstić information content (AvgIpc) is 2.65. The van der Waals surface area contributed by atoms with Crippen LogP contribution in [-0.4, -0.2) is 33.3 Å². The van der Waals surface area contributed by atoms with Gasteiger partial charge in [0.05, 0.1) is 21.3 Å². The molecule has 0 aromatic heterocycles. The topological polar surface area (TPSA) is 56.8 Å². The van der Waals surface area contributed by atoms with Gasteiger partial charge in [-0.2, -0.15) is 0 Å². The summed E-state index contributed by atoms with van der Waals surface area (Å²) in [5.41, 5.74) is 2.10. The zero-order valence-corrected chi connectivity index (χ0v) is 14.2. The maximum atomic E-state index is 12.0. The van der Waals surface area contributed by atoms with Crippen molar-refractivity contribution in [2.24, 2.45) is 0 Å². The molecule has 0 spiro atoms. The number of esters is 1. The number of benzene rings is 2. The lowest BCUT2D eigenvalue weighted by Gasteiger charge is -2.17. The molecule has 0 amide bonds. The monoisotopic (exact) mass is 329 g/mol. The Kier molecular flexibility index (Phi) is 6.63. The van der Waals surface area contributed by atoms with Gasteiger partial charge in [0.25, 0.3) is 0 Å². The Morgan fingerprint density at radius 2 is 1.38 bits per heavy atom. The Labute approximate surface area is 142 Å². The van der Waals surface area contributed by atoms with E-state index in [9.17, 15) is 4.79 Å². The molecule has 2 rings (SSSR count). The maximum absolute atomic E-state index is 12.0. The van der Waals surface area contributed by atoms with Crippen LogP contribution in [0.3, 0.4) is 0 Å². The first-order valence-electron chi connectivity index (χ1n) is 7.73. The quantitative estimate of drug-likeness (QED) is 0.755. The normalized spacial score (nSPS) is 11.6. The van der Waals surface area contributed by atoms with E-state index in [1.165, 1.54) is 7.11 Å². The summed E-state index contributed by atoms with van der Waals surface area (Å²) >= 11 is 0. The fourth-order valence-electron chi connectivity index (χ4n) is 2.36. The molecule has 0 aliphatic rings. The minimum absolute atomic E-state index is 0.278. The highest BCUT2D eigenvalue weighted by Crippen LogP contribution is 2.14. The van der Waals surface area contributed by atoms with E-state index in [1.807, 2.05) is 48.5 Å². The third-order valence-electron chi connectivity index (χ3n) is 3.80. The lowest BCUT2D eigenvalue weighted by molar-refractivity contribution is -0.143. The van der Waals surface area contributed by atoms with E-state index in [4.69, 9.17) is 14.2 Å². The molecule has 0 saturated heterocycles. The molecule has 5 nitrogen and oxygen atoms in total. The van der Waals surface area contributed by atoms with Crippen molar-refractivity contribution in [3.8, 4) is 11.5 Å². The Balaban J connectivity index is 2.00. The number of carbonyl (C=O) groups excluding carboxylic acids is 1. The first-order chi connectivity index (χ1) is 11.7. The SMILES string of the molecule is COC(=O)[C@H](Cc1ccc(OC)cc1)NCc1ccc(OC)cc1. The second-order valence-electron chi connectivity index (χ2n) is 5.36. The minimum atomic E-state index is -0.412. The molecule has 2 aromatic carbocycles. The molecule has 0 fully saturated rings. The van der Waals surface area contributed by atoms with Crippen LogP contribution in [0.25, 0.3) is 0 Å². The van der Waals surface area contributed by atoms with E-state index in [-0.39, 0.29) is 5.97 Å². The third kappa shape index (κ3) is 4.99. The standard InChI is InChI=1S/C19H23NO4/c1-22-16-8-4-14(5-9-16)12-18(19(21)24-3)20-13-15-6-10-17(23-2)11-7-15/h4-11,18,20H,12-13H2,1-3H3/t18-/m0/s1. The lowest BCUT2D eigenvalue weighted by atomic mass is 10.1. The Morgan fingerprint density at radius 1 is 0.875 bits per heavy atom. The van der Waals surface area contributed by atoms with Crippen LogP contribution in [0.1, 0.15) is 11.1 Å². The molecule has 1 N–H and O–H groups in total. The van der Waals surface area contributed by atoms with Crippen molar-refractivity contribution < 1.29 is 19.0 Å². The fraction of sp³-hybridized carbons (Fsp3) is 0.316. The summed E-state index contributed by atoms with van der Waals surface area (Å²) in [6, 6.07) is 15.0. The summed E-state index contributed by atoms with van der Waals surface area (Å²) in [5.74, 6) is 1.32. The number of ether oxygens (including phenoxy) is 3. The smallest absolute Gasteiger partial charge is 0.323 e. The highest BCUT2D eigenvalue weighted by Gasteiger charge is 2.19. The van der Waals surface area contributed by atoms with Crippen LogP contribution in [0.5, 0.6) is 11.5 Å². The number of methoxy groups -OCH3 is 3. The molecule has 2 aromatic rings. The number of hydrogen-bond acceptors (Lipinski definition) is 5. The number of carbonyl (C=O) groups is 1. The first kappa shape index (κ1) is 17.8. The Morgan fingerprint density at radius 3 is 1.83 bits per heavy atom. The van der Waals surface area contributed by atoms with Gasteiger partial charge < -0.3 is 19.5 Å². The maximum Gasteiger partial charge on any atom is 0.323 e. The summed E-state index contributed by atoms with van der Waals surface area (Å²) < 4.78 is 15.2. The summed E-state index contributed by atoms with van der Waals surface area (Å²) in [6.45, 7) is 0.569. The van der Waals surface area contributed by atoms with Gasteiger partial charge in [-0.25, -0.2) is 0 Å². The van der Waals surface area contributed by atoms with Gasteiger partial charge in [0.2, 0.25) is 0 Å². The second-order valence-corrected chi connectivity index (χ2v) is 5.36. The van der Waals surface area contributed by atoms with E-state index >= 15 is 0 Å². The Hall–Kier alpha value is -2.53. The predicted octanol–water partition coefficient (Wildman–Crippen LogP) is 2.58. The van der Waals surface area contributed by atoms with E-state index in [1.54, 1.807) is 14.2 Å². The van der Waals surface area contributed by atoms with Crippen molar-refractivity contribution in [2.45, 2.75) is 19.0 Å². The van der Waals surface area contributed by atoms with E-state index in [2.05, 4.69) is 5.32 Å². The molecule has 0 aliphatic heterocycles. The van der Waals surface area contributed by atoms with Crippen molar-refractivity contribution in [3.05, 3.63) is 59.7 Å². The molecule has 0 unspecified atom stereocenters. The molecule has 1 atom stereocenters. The van der Waals surface area contributed by atoms with Crippen LogP contribution in [-0.2, 0) is 22.5 Å². The fourth-order valence-corrected chi connectivity index (χ4v) is 2.36. The molecule has 0 aliphatic carbocycles. The van der Waals surface area contributed by atoms with Gasteiger partial charge in [0, 0.05) is 6.54 Å². The van der Waals surface area contributed by atoms with Crippen LogP contribution in [0.4, 0.5) is 0 Å². The summed E-state index contributed by atoms with van der Waals surface area (Å²) in [5, 5.41) is 3.25. The molecular weight excluding hydrogens is 306 g/mol. The van der Waals surface area contributed by atoms with E-state index in [0.29, 0.717) is 13.0 Å². The van der Waals surface area contributed by atoms with Crippen LogP contribution in [0.2, 0.25) is 0 Å². The molecule has 0 heterocycles. The molecule has 0 saturated carbocycles. The predicted molar refractivity (Wildman–Crippen MR) is 92.3 cm³/mol. The summed E-state index contributed by atoms with van der Waals surface area (Å²) in [6.07, 6.45) is 0.548. The van der Waals surface area contributed by atoms with Gasteiger partial charge >= 0.3 is 5.97 Å². The molecule has 0 bridgehead atoms. The highest BCUT2D eigenvalue weighted by atomic mass is 16.5. The molecule has 128 valence electrons. The van der Waals surface area contributed by atoms with Gasteiger partial charge in [-0.05, 0) is 41.8 Å². The van der Waals surface area contributed by atoms with Crippen molar-refractivity contribution in [1.29, 1.82) is 0 Å². The van der Waals surface area contributed by atoms with Crippen LogP contribution >= 0.6 is 0 Å². The number of hydrogen-bond donors (Lipinski definition) is 1. The highest BCUT2D eigenvalue weighted by molar-refractivity contribution is 5.76. The van der Waals surface area contributed by atoms with Crippen LogP contribution < -0.4 is 14.8 Å². The van der Waals surface area contributed by atoms with Crippen molar-refractivity contribution in [2.75, 3.05) is 21.3 Å². The molecule has 0 radical (unpaired) electrons. The minimum Gasteiger partial charge on any atom is -0.497 e. The van der Waals surface area contributed by atoms with Crippen molar-refractivity contribution in [3.63, 3.8) is 0 Å². The molecule has 24 heavy (non-hydrogen) atoms. The largest absolute Gasteiger partial charge is 0.497 e. The zero-order chi connectivity index (χ0) is 17.4. The average molecular weight is 329 g/mol. The third-order valence-corrected chi connectivity index (χ3v) is 3.80. The number of rotatable bonds is 8. The van der Waals surface area contributed by atoms with Crippen molar-refractivity contribution >= 4 is 5.97 Å². The van der Waals surface area contributed by atoms with Gasteiger partial charge in [0.15, 0.2) is 0 Å². The molecular formula is C19H23NO4. The second kappa shape index (κ2) is 8.93. The molecule has 5 heteroatoms. The van der Waals surface area contributed by atoms with E-state index in [0.717, 1.165) is 22.6 Å². The summed E-state index contributed by atoms with van der Waals surface area (Å²) in [7, 11) is 4.66. The Bertz CT molecular complexity index is 637. The van der Waals surface area contributed by atoms with E-state index < -0.39 is 6.04 Å². The van der Waals surface area contributed by atoms with Gasteiger partial charge in [-0.3, -0.25) is 4.79 Å². The zero-order valence-electron chi connectivity index (χ0n) is 14.2. The summed E-state index contributed by atoms with van der Waals surface area (Å²) in [4.78, 5) is 12.0. The van der Waals surface area contributed by atoms with Crippen LogP contribution in [0, 0.1) is 0 Å². The lowest BCUT2D eigenvalue weighted by Crippen LogP contribution is -2.39. The van der Waals surface area contributed by atoms with Gasteiger partial charge in [-0.15, -0.1) is 0 Å². The van der Waals surface area contributed by atoms with Crippen LogP contribution in [0.15, 0.2) is 48.5 Å². The van der Waals surface area contributed by atoms with Crippen molar-refractivity contribution in [1.82, 2.24) is 5.32 Å². The number of nitrogens with one attached hydrogen (secondary N) is 1.